The van der Waals surface area contributed by atoms with Crippen LogP contribution in [0.5, 0.6) is 0 Å². The van der Waals surface area contributed by atoms with Crippen LogP contribution in [-0.4, -0.2) is 39.9 Å². The number of nitrogens with zero attached hydrogens (tertiary/aromatic N) is 7. The average molecular weight is 315 g/mol. The SMILES string of the molecule is Clc1cnc2cncnc2n1.O=c1cnc2cncnc2[nH]1. The molecule has 0 aliphatic carbocycles. The van der Waals surface area contributed by atoms with Crippen LogP contribution in [0.2, 0.25) is 5.15 Å². The molecule has 1 N–H and O–H groups in total. The third kappa shape index (κ3) is 3.15. The van der Waals surface area contributed by atoms with Crippen LogP contribution in [0.3, 0.4) is 0 Å². The summed E-state index contributed by atoms with van der Waals surface area (Å²) in [4.78, 5) is 40.1. The van der Waals surface area contributed by atoms with E-state index in [4.69, 9.17) is 11.6 Å². The largest absolute Gasteiger partial charge is 0.304 e. The Hall–Kier alpha value is -3.07. The molecular weight excluding hydrogens is 308 g/mol. The number of fused-ring (bicyclic) bond motifs is 2. The smallest absolute Gasteiger partial charge is 0.268 e. The molecule has 0 aliphatic rings. The second-order valence-corrected chi connectivity index (χ2v) is 4.32. The molecule has 4 heterocycles. The van der Waals surface area contributed by atoms with Crippen molar-refractivity contribution in [2.75, 3.05) is 0 Å². The van der Waals surface area contributed by atoms with E-state index in [-0.39, 0.29) is 5.56 Å². The number of rotatable bonds is 0. The van der Waals surface area contributed by atoms with Crippen molar-refractivity contribution in [1.82, 2.24) is 39.9 Å². The molecule has 0 amide bonds. The van der Waals surface area contributed by atoms with Crippen molar-refractivity contribution >= 4 is 33.9 Å². The number of hydrogen-bond acceptors (Lipinski definition) is 8. The van der Waals surface area contributed by atoms with Gasteiger partial charge in [0.1, 0.15) is 28.8 Å². The summed E-state index contributed by atoms with van der Waals surface area (Å²) in [6, 6.07) is 0. The first-order valence-electron chi connectivity index (χ1n) is 5.96. The third-order valence-corrected chi connectivity index (χ3v) is 2.63. The van der Waals surface area contributed by atoms with Crippen LogP contribution in [0, 0.1) is 0 Å². The molecule has 4 aromatic heterocycles. The summed E-state index contributed by atoms with van der Waals surface area (Å²) >= 11 is 5.58. The van der Waals surface area contributed by atoms with E-state index in [2.05, 4.69) is 39.9 Å². The van der Waals surface area contributed by atoms with Crippen molar-refractivity contribution in [2.24, 2.45) is 0 Å². The topological polar surface area (TPSA) is 123 Å². The van der Waals surface area contributed by atoms with E-state index < -0.39 is 0 Å². The van der Waals surface area contributed by atoms with E-state index in [0.717, 1.165) is 0 Å². The van der Waals surface area contributed by atoms with E-state index >= 15 is 0 Å². The molecule has 0 bridgehead atoms. The molecule has 0 atom stereocenters. The highest BCUT2D eigenvalue weighted by Crippen LogP contribution is 2.06. The fourth-order valence-electron chi connectivity index (χ4n) is 1.54. The summed E-state index contributed by atoms with van der Waals surface area (Å²) in [5, 5.41) is 0.344. The summed E-state index contributed by atoms with van der Waals surface area (Å²) in [5.41, 5.74) is 1.97. The van der Waals surface area contributed by atoms with E-state index in [9.17, 15) is 4.79 Å². The van der Waals surface area contributed by atoms with Crippen molar-refractivity contribution in [3.05, 3.63) is 52.9 Å². The van der Waals surface area contributed by atoms with Crippen LogP contribution in [0.15, 0.2) is 42.2 Å². The maximum Gasteiger partial charge on any atom is 0.268 e. The lowest BCUT2D eigenvalue weighted by atomic mass is 10.5. The molecule has 0 saturated heterocycles. The van der Waals surface area contributed by atoms with Gasteiger partial charge in [0.2, 0.25) is 0 Å². The lowest BCUT2D eigenvalue weighted by molar-refractivity contribution is 1.12. The van der Waals surface area contributed by atoms with Gasteiger partial charge in [0.15, 0.2) is 11.3 Å². The zero-order valence-electron chi connectivity index (χ0n) is 10.9. The minimum Gasteiger partial charge on any atom is -0.304 e. The molecule has 10 heteroatoms. The minimum absolute atomic E-state index is 0.254. The molecule has 0 radical (unpaired) electrons. The number of aromatic nitrogens is 8. The van der Waals surface area contributed by atoms with Gasteiger partial charge in [-0.05, 0) is 0 Å². The van der Waals surface area contributed by atoms with Gasteiger partial charge in [0.05, 0.1) is 24.8 Å². The number of H-pyrrole nitrogens is 1. The monoisotopic (exact) mass is 314 g/mol. The van der Waals surface area contributed by atoms with E-state index in [1.165, 1.54) is 31.2 Å². The molecule has 0 unspecified atom stereocenters. The van der Waals surface area contributed by atoms with E-state index in [1.54, 1.807) is 6.20 Å². The standard InChI is InChI=1S/C6H3ClN4.C6H4N4O/c7-5-2-9-4-1-8-3-10-6(4)11-5;11-5-2-8-4-1-7-3-9-6(4)10-5/h1-3H;1-3H,(H,7,9,10,11). The Morgan fingerprint density at radius 1 is 0.864 bits per heavy atom. The fourth-order valence-corrected chi connectivity index (χ4v) is 1.66. The molecule has 0 fully saturated rings. The first-order valence-corrected chi connectivity index (χ1v) is 6.33. The molecule has 4 rings (SSSR count). The Balaban J connectivity index is 0.000000131. The van der Waals surface area contributed by atoms with E-state index in [1.807, 2.05) is 0 Å². The van der Waals surface area contributed by atoms with Crippen LogP contribution < -0.4 is 5.56 Å². The number of halogens is 1. The zero-order chi connectivity index (χ0) is 15.4. The quantitative estimate of drug-likeness (QED) is 0.505. The molecule has 0 aliphatic heterocycles. The normalized spacial score (nSPS) is 10.2. The van der Waals surface area contributed by atoms with Crippen molar-refractivity contribution in [2.45, 2.75) is 0 Å². The van der Waals surface area contributed by atoms with Gasteiger partial charge in [-0.1, -0.05) is 11.6 Å². The van der Waals surface area contributed by atoms with Crippen LogP contribution in [0.25, 0.3) is 22.3 Å². The van der Waals surface area contributed by atoms with Crippen molar-refractivity contribution in [3.8, 4) is 0 Å². The maximum atomic E-state index is 10.7. The predicted octanol–water partition coefficient (Wildman–Crippen LogP) is 0.786. The molecule has 108 valence electrons. The predicted molar refractivity (Wildman–Crippen MR) is 78.1 cm³/mol. The Labute approximate surface area is 127 Å². The third-order valence-electron chi connectivity index (χ3n) is 2.45. The molecule has 0 aromatic carbocycles. The highest BCUT2D eigenvalue weighted by molar-refractivity contribution is 6.29. The fraction of sp³-hybridized carbons (Fsp3) is 0. The number of hydrogen-bond donors (Lipinski definition) is 1. The van der Waals surface area contributed by atoms with E-state index in [0.29, 0.717) is 27.5 Å². The molecule has 4 aromatic rings. The number of nitrogens with one attached hydrogen (secondary N) is 1. The lowest BCUT2D eigenvalue weighted by Gasteiger charge is -1.92. The zero-order valence-corrected chi connectivity index (χ0v) is 11.6. The summed E-state index contributed by atoms with van der Waals surface area (Å²) in [7, 11) is 0. The maximum absolute atomic E-state index is 10.7. The van der Waals surface area contributed by atoms with Crippen molar-refractivity contribution < 1.29 is 0 Å². The van der Waals surface area contributed by atoms with Gasteiger partial charge in [0.25, 0.3) is 5.56 Å². The Morgan fingerprint density at radius 2 is 1.59 bits per heavy atom. The van der Waals surface area contributed by atoms with Gasteiger partial charge in [-0.15, -0.1) is 0 Å². The summed E-state index contributed by atoms with van der Waals surface area (Å²) in [6.45, 7) is 0. The van der Waals surface area contributed by atoms with Gasteiger partial charge >= 0.3 is 0 Å². The summed E-state index contributed by atoms with van der Waals surface area (Å²) < 4.78 is 0. The molecule has 22 heavy (non-hydrogen) atoms. The molecule has 0 saturated carbocycles. The highest BCUT2D eigenvalue weighted by atomic mass is 35.5. The second kappa shape index (κ2) is 6.14. The van der Waals surface area contributed by atoms with Crippen LogP contribution >= 0.6 is 11.6 Å². The molecule has 0 spiro atoms. The van der Waals surface area contributed by atoms with Gasteiger partial charge < -0.3 is 4.98 Å². The van der Waals surface area contributed by atoms with Crippen LogP contribution in [-0.2, 0) is 0 Å². The highest BCUT2D eigenvalue weighted by Gasteiger charge is 1.96. The van der Waals surface area contributed by atoms with Gasteiger partial charge in [-0.3, -0.25) is 4.79 Å². The first-order chi connectivity index (χ1) is 10.7. The molecular formula is C12H7ClN8O. The van der Waals surface area contributed by atoms with Crippen LogP contribution in [0.4, 0.5) is 0 Å². The van der Waals surface area contributed by atoms with Gasteiger partial charge in [-0.25, -0.2) is 34.9 Å². The summed E-state index contributed by atoms with van der Waals surface area (Å²) in [6.07, 6.45) is 8.57. The first kappa shape index (κ1) is 13.9. The van der Waals surface area contributed by atoms with Crippen LogP contribution in [0.1, 0.15) is 0 Å². The van der Waals surface area contributed by atoms with Crippen molar-refractivity contribution in [3.63, 3.8) is 0 Å². The van der Waals surface area contributed by atoms with Gasteiger partial charge in [-0.2, -0.15) is 0 Å². The Morgan fingerprint density at radius 3 is 2.45 bits per heavy atom. The average Bonchev–Trinajstić information content (AvgIpc) is 2.55. The lowest BCUT2D eigenvalue weighted by Crippen LogP contribution is -2.05. The minimum atomic E-state index is -0.254. The van der Waals surface area contributed by atoms with Crippen molar-refractivity contribution in [1.29, 1.82) is 0 Å². The Bertz CT molecular complexity index is 989. The summed E-state index contributed by atoms with van der Waals surface area (Å²) in [5.74, 6) is 0. The second-order valence-electron chi connectivity index (χ2n) is 3.93. The van der Waals surface area contributed by atoms with Gasteiger partial charge in [0, 0.05) is 0 Å². The molecule has 9 nitrogen and oxygen atoms in total. The number of aromatic amines is 1. The Kier molecular flexibility index (Phi) is 3.88.